The van der Waals surface area contributed by atoms with E-state index in [-0.39, 0.29) is 5.97 Å². The van der Waals surface area contributed by atoms with Crippen molar-refractivity contribution in [2.24, 2.45) is 5.92 Å². The first-order chi connectivity index (χ1) is 11.2. The number of rotatable bonds is 7. The van der Waals surface area contributed by atoms with Crippen LogP contribution in [0.1, 0.15) is 37.7 Å². The van der Waals surface area contributed by atoms with E-state index < -0.39 is 0 Å². The zero-order valence-corrected chi connectivity index (χ0v) is 14.0. The number of benzene rings is 1. The number of hydrogen-bond acceptors (Lipinski definition) is 4. The summed E-state index contributed by atoms with van der Waals surface area (Å²) in [5.74, 6) is 0.513. The molecule has 4 nitrogen and oxygen atoms in total. The fourth-order valence-corrected chi connectivity index (χ4v) is 3.62. The molecular weight excluding hydrogens is 288 g/mol. The number of hydrogen-bond donors (Lipinski definition) is 1. The first-order valence-electron chi connectivity index (χ1n) is 8.82. The summed E-state index contributed by atoms with van der Waals surface area (Å²) in [6.45, 7) is 3.21. The molecule has 1 heterocycles. The lowest BCUT2D eigenvalue weighted by Crippen LogP contribution is -2.49. The highest BCUT2D eigenvalue weighted by Crippen LogP contribution is 2.32. The van der Waals surface area contributed by atoms with Crippen molar-refractivity contribution < 1.29 is 9.53 Å². The van der Waals surface area contributed by atoms with Gasteiger partial charge in [-0.15, -0.1) is 0 Å². The van der Waals surface area contributed by atoms with Gasteiger partial charge in [0.2, 0.25) is 0 Å². The van der Waals surface area contributed by atoms with Crippen LogP contribution in [-0.2, 0) is 16.1 Å². The Morgan fingerprint density at radius 3 is 2.74 bits per heavy atom. The monoisotopic (exact) mass is 316 g/mol. The summed E-state index contributed by atoms with van der Waals surface area (Å²) in [5.41, 5.74) is 1.34. The molecule has 0 bridgehead atoms. The van der Waals surface area contributed by atoms with E-state index in [1.165, 1.54) is 25.5 Å². The molecule has 1 N–H and O–H groups in total. The minimum absolute atomic E-state index is 0.0812. The molecule has 0 radical (unpaired) electrons. The molecular formula is C19H28N2O2. The number of methoxy groups -OCH3 is 1. The van der Waals surface area contributed by atoms with Gasteiger partial charge in [0, 0.05) is 38.1 Å². The van der Waals surface area contributed by atoms with Gasteiger partial charge in [0.1, 0.15) is 0 Å². The maximum absolute atomic E-state index is 11.4. The third-order valence-electron chi connectivity index (χ3n) is 5.05. The van der Waals surface area contributed by atoms with Crippen molar-refractivity contribution in [1.29, 1.82) is 0 Å². The van der Waals surface area contributed by atoms with Crippen molar-refractivity contribution >= 4 is 5.97 Å². The Balaban J connectivity index is 1.52. The minimum atomic E-state index is -0.0812. The largest absolute Gasteiger partial charge is 0.469 e. The topological polar surface area (TPSA) is 41.6 Å². The van der Waals surface area contributed by atoms with Crippen LogP contribution in [0.15, 0.2) is 30.3 Å². The van der Waals surface area contributed by atoms with Crippen molar-refractivity contribution in [3.8, 4) is 0 Å². The van der Waals surface area contributed by atoms with Gasteiger partial charge in [-0.3, -0.25) is 9.69 Å². The Morgan fingerprint density at radius 2 is 2.04 bits per heavy atom. The predicted molar refractivity (Wildman–Crippen MR) is 91.0 cm³/mol. The second-order valence-electron chi connectivity index (χ2n) is 6.97. The van der Waals surface area contributed by atoms with Crippen molar-refractivity contribution in [3.63, 3.8) is 0 Å². The average molecular weight is 316 g/mol. The van der Waals surface area contributed by atoms with Crippen molar-refractivity contribution in [3.05, 3.63) is 35.9 Å². The van der Waals surface area contributed by atoms with Crippen LogP contribution in [0.25, 0.3) is 0 Å². The first kappa shape index (κ1) is 16.5. The number of piperidine rings is 1. The van der Waals surface area contributed by atoms with Gasteiger partial charge in [0.15, 0.2) is 0 Å². The third kappa shape index (κ3) is 5.05. The Hall–Kier alpha value is -1.39. The van der Waals surface area contributed by atoms with Gasteiger partial charge in [-0.1, -0.05) is 30.3 Å². The highest BCUT2D eigenvalue weighted by molar-refractivity contribution is 5.69. The maximum Gasteiger partial charge on any atom is 0.305 e. The number of ether oxygens (including phenoxy) is 1. The summed E-state index contributed by atoms with van der Waals surface area (Å²) < 4.78 is 4.79. The van der Waals surface area contributed by atoms with Gasteiger partial charge in [0.05, 0.1) is 7.11 Å². The van der Waals surface area contributed by atoms with Crippen LogP contribution in [0, 0.1) is 5.92 Å². The molecule has 0 aromatic heterocycles. The van der Waals surface area contributed by atoms with E-state index >= 15 is 0 Å². The molecule has 0 spiro atoms. The molecule has 1 saturated heterocycles. The molecule has 0 amide bonds. The molecule has 2 unspecified atom stereocenters. The van der Waals surface area contributed by atoms with E-state index in [9.17, 15) is 4.79 Å². The predicted octanol–water partition coefficient (Wildman–Crippen LogP) is 2.58. The zero-order chi connectivity index (χ0) is 16.1. The molecule has 126 valence electrons. The molecule has 1 aliphatic carbocycles. The smallest absolute Gasteiger partial charge is 0.305 e. The highest BCUT2D eigenvalue weighted by atomic mass is 16.5. The van der Waals surface area contributed by atoms with Crippen LogP contribution < -0.4 is 5.32 Å². The van der Waals surface area contributed by atoms with Gasteiger partial charge < -0.3 is 10.1 Å². The van der Waals surface area contributed by atoms with E-state index in [0.29, 0.717) is 18.4 Å². The zero-order valence-electron chi connectivity index (χ0n) is 14.0. The lowest BCUT2D eigenvalue weighted by molar-refractivity contribution is -0.141. The Bertz CT molecular complexity index is 501. The van der Waals surface area contributed by atoms with Crippen LogP contribution in [-0.4, -0.2) is 43.2 Å². The summed E-state index contributed by atoms with van der Waals surface area (Å²) in [6.07, 6.45) is 5.34. The minimum Gasteiger partial charge on any atom is -0.469 e. The maximum atomic E-state index is 11.4. The Kier molecular flexibility index (Phi) is 5.68. The van der Waals surface area contributed by atoms with Gasteiger partial charge >= 0.3 is 5.97 Å². The van der Waals surface area contributed by atoms with Gasteiger partial charge in [0.25, 0.3) is 0 Å². The molecule has 2 fully saturated rings. The van der Waals surface area contributed by atoms with Crippen LogP contribution in [0.3, 0.4) is 0 Å². The summed E-state index contributed by atoms with van der Waals surface area (Å²) in [5, 5.41) is 3.72. The van der Waals surface area contributed by atoms with Crippen molar-refractivity contribution in [2.45, 2.75) is 50.7 Å². The van der Waals surface area contributed by atoms with Crippen molar-refractivity contribution in [1.82, 2.24) is 10.2 Å². The lowest BCUT2D eigenvalue weighted by atomic mass is 9.90. The van der Waals surface area contributed by atoms with Crippen LogP contribution in [0.5, 0.6) is 0 Å². The standard InChI is InChI=1S/C19H28N2O2/c1-23-19(22)10-7-16-11-17(14-21(13-16)18-8-9-18)20-12-15-5-3-2-4-6-15/h2-6,16-18,20H,7-14H2,1H3. The highest BCUT2D eigenvalue weighted by Gasteiger charge is 2.35. The van der Waals surface area contributed by atoms with E-state index in [4.69, 9.17) is 4.74 Å². The van der Waals surface area contributed by atoms with Crippen LogP contribution in [0.2, 0.25) is 0 Å². The van der Waals surface area contributed by atoms with Crippen LogP contribution >= 0.6 is 0 Å². The number of carbonyl (C=O) groups is 1. The molecule has 1 aromatic carbocycles. The quantitative estimate of drug-likeness (QED) is 0.785. The summed E-state index contributed by atoms with van der Waals surface area (Å²) in [4.78, 5) is 14.1. The molecule has 1 aromatic rings. The van der Waals surface area contributed by atoms with Gasteiger partial charge in [-0.05, 0) is 37.2 Å². The average Bonchev–Trinajstić information content (AvgIpc) is 3.44. The molecule has 1 aliphatic heterocycles. The number of likely N-dealkylation sites (tertiary alicyclic amines) is 1. The Labute approximate surface area is 139 Å². The molecule has 3 rings (SSSR count). The molecule has 4 heteroatoms. The number of carbonyl (C=O) groups excluding carboxylic acids is 1. The van der Waals surface area contributed by atoms with Crippen molar-refractivity contribution in [2.75, 3.05) is 20.2 Å². The fourth-order valence-electron chi connectivity index (χ4n) is 3.62. The van der Waals surface area contributed by atoms with E-state index in [0.717, 1.165) is 38.5 Å². The fraction of sp³-hybridized carbons (Fsp3) is 0.632. The summed E-state index contributed by atoms with van der Waals surface area (Å²) >= 11 is 0. The van der Waals surface area contributed by atoms with Gasteiger partial charge in [-0.2, -0.15) is 0 Å². The van der Waals surface area contributed by atoms with E-state index in [1.807, 2.05) is 0 Å². The molecule has 2 atom stereocenters. The Morgan fingerprint density at radius 1 is 1.26 bits per heavy atom. The third-order valence-corrected chi connectivity index (χ3v) is 5.05. The summed E-state index contributed by atoms with van der Waals surface area (Å²) in [7, 11) is 1.48. The normalized spacial score (nSPS) is 25.3. The second-order valence-corrected chi connectivity index (χ2v) is 6.97. The number of nitrogens with zero attached hydrogens (tertiary/aromatic N) is 1. The molecule has 23 heavy (non-hydrogen) atoms. The first-order valence-corrected chi connectivity index (χ1v) is 8.82. The molecule has 2 aliphatic rings. The number of nitrogens with one attached hydrogen (secondary N) is 1. The summed E-state index contributed by atoms with van der Waals surface area (Å²) in [6, 6.07) is 11.9. The van der Waals surface area contributed by atoms with E-state index in [2.05, 4.69) is 40.5 Å². The van der Waals surface area contributed by atoms with Crippen LogP contribution in [0.4, 0.5) is 0 Å². The second kappa shape index (κ2) is 7.93. The number of esters is 1. The molecule has 1 saturated carbocycles. The van der Waals surface area contributed by atoms with Gasteiger partial charge in [-0.25, -0.2) is 0 Å². The SMILES string of the molecule is COC(=O)CCC1CC(NCc2ccccc2)CN(C2CC2)C1. The lowest BCUT2D eigenvalue weighted by Gasteiger charge is -2.38. The van der Waals surface area contributed by atoms with E-state index in [1.54, 1.807) is 0 Å².